The van der Waals surface area contributed by atoms with Gasteiger partial charge < -0.3 is 10.4 Å². The van der Waals surface area contributed by atoms with Crippen LogP contribution < -0.4 is 10.7 Å². The van der Waals surface area contributed by atoms with Crippen molar-refractivity contribution in [2.75, 3.05) is 7.05 Å². The average molecular weight is 426 g/mol. The highest BCUT2D eigenvalue weighted by molar-refractivity contribution is 5.92. The third-order valence-electron chi connectivity index (χ3n) is 6.11. The molecule has 32 heavy (non-hydrogen) atoms. The number of rotatable bonds is 5. The molecule has 0 radical (unpaired) electrons. The monoisotopic (exact) mass is 426 g/mol. The molecule has 1 aliphatic carbocycles. The van der Waals surface area contributed by atoms with Crippen molar-refractivity contribution in [3.8, 4) is 16.9 Å². The molecule has 2 heterocycles. The molecule has 0 atom stereocenters. The van der Waals surface area contributed by atoms with Crippen LogP contribution in [0.1, 0.15) is 28.9 Å². The summed E-state index contributed by atoms with van der Waals surface area (Å²) in [6, 6.07) is 18.5. The van der Waals surface area contributed by atoms with Gasteiger partial charge in [0.25, 0.3) is 11.3 Å². The first kappa shape index (κ1) is 19.9. The number of nitrogens with one attached hydrogen (secondary N) is 1. The predicted molar refractivity (Wildman–Crippen MR) is 122 cm³/mol. The van der Waals surface area contributed by atoms with Crippen molar-refractivity contribution in [1.82, 2.24) is 20.1 Å². The minimum atomic E-state index is -0.767. The second kappa shape index (κ2) is 7.60. The Bertz CT molecular complexity index is 1410. The van der Waals surface area contributed by atoms with E-state index in [1.165, 1.54) is 17.9 Å². The van der Waals surface area contributed by atoms with Gasteiger partial charge in [0.2, 0.25) is 0 Å². The summed E-state index contributed by atoms with van der Waals surface area (Å²) in [4.78, 5) is 28.6. The largest absolute Gasteiger partial charge is 0.503 e. The molecule has 0 aliphatic heterocycles. The number of hydrogen-bond acceptors (Lipinski definition) is 5. The summed E-state index contributed by atoms with van der Waals surface area (Å²) in [5.74, 6) is -1.10. The molecule has 2 aromatic carbocycles. The summed E-state index contributed by atoms with van der Waals surface area (Å²) in [7, 11) is 1.42. The van der Waals surface area contributed by atoms with Gasteiger partial charge in [-0.05, 0) is 36.1 Å². The Labute approximate surface area is 184 Å². The summed E-state index contributed by atoms with van der Waals surface area (Å²) in [6.07, 6.45) is 5.09. The number of carbonyl (C=O) groups is 1. The van der Waals surface area contributed by atoms with Gasteiger partial charge in [-0.1, -0.05) is 42.5 Å². The lowest BCUT2D eigenvalue weighted by Crippen LogP contribution is -2.30. The van der Waals surface area contributed by atoms with E-state index in [0.717, 1.165) is 40.4 Å². The number of carbonyl (C=O) groups excluding carboxylic acids is 1. The zero-order valence-corrected chi connectivity index (χ0v) is 17.6. The van der Waals surface area contributed by atoms with E-state index in [9.17, 15) is 14.7 Å². The van der Waals surface area contributed by atoms with Crippen molar-refractivity contribution in [3.63, 3.8) is 0 Å². The molecule has 2 N–H and O–H groups in total. The third kappa shape index (κ3) is 3.51. The Balaban J connectivity index is 1.48. The fourth-order valence-corrected chi connectivity index (χ4v) is 4.13. The van der Waals surface area contributed by atoms with Crippen LogP contribution in [0.4, 0.5) is 0 Å². The smallest absolute Gasteiger partial charge is 0.275 e. The molecule has 1 fully saturated rings. The van der Waals surface area contributed by atoms with Crippen LogP contribution in [0.15, 0.2) is 71.8 Å². The number of fused-ring (bicyclic) bond motifs is 1. The Morgan fingerprint density at radius 1 is 1.12 bits per heavy atom. The van der Waals surface area contributed by atoms with Crippen LogP contribution in [0.5, 0.6) is 5.75 Å². The predicted octanol–water partition coefficient (Wildman–Crippen LogP) is 3.26. The molecule has 160 valence electrons. The summed E-state index contributed by atoms with van der Waals surface area (Å²) in [6.45, 7) is 0.463. The Morgan fingerprint density at radius 2 is 1.94 bits per heavy atom. The molecule has 0 bridgehead atoms. The topological polar surface area (TPSA) is 97.1 Å². The highest BCUT2D eigenvalue weighted by Crippen LogP contribution is 2.50. The lowest BCUT2D eigenvalue weighted by Gasteiger charge is -2.19. The van der Waals surface area contributed by atoms with E-state index in [2.05, 4.69) is 45.7 Å². The molecule has 1 amide bonds. The number of aromatic hydroxyl groups is 1. The molecular formula is C25H22N4O3. The zero-order valence-electron chi connectivity index (χ0n) is 17.6. The van der Waals surface area contributed by atoms with Crippen molar-refractivity contribution in [1.29, 1.82) is 0 Å². The van der Waals surface area contributed by atoms with E-state index in [0.29, 0.717) is 6.54 Å². The standard InChI is InChI=1S/C25H22N4O3/c1-26-24(32)22-23(31)21(30)14-29(28-22)15-25(9-10-25)19-7-4-6-16(12-19)18-11-17-5-2-3-8-20(17)27-13-18/h2-8,11-14,30H,9-10,15H2,1H3,(H,26,32). The van der Waals surface area contributed by atoms with Crippen LogP contribution in [0.3, 0.4) is 0 Å². The van der Waals surface area contributed by atoms with E-state index >= 15 is 0 Å². The number of amides is 1. The molecule has 0 saturated heterocycles. The molecule has 7 heteroatoms. The van der Waals surface area contributed by atoms with Gasteiger partial charge in [0.05, 0.1) is 18.3 Å². The van der Waals surface area contributed by atoms with Crippen LogP contribution in [-0.2, 0) is 12.0 Å². The number of aromatic nitrogens is 3. The van der Waals surface area contributed by atoms with Gasteiger partial charge >= 0.3 is 0 Å². The third-order valence-corrected chi connectivity index (χ3v) is 6.11. The van der Waals surface area contributed by atoms with Crippen LogP contribution in [0.25, 0.3) is 22.0 Å². The maximum Gasteiger partial charge on any atom is 0.275 e. The Morgan fingerprint density at radius 3 is 2.72 bits per heavy atom. The molecule has 0 spiro atoms. The first-order valence-electron chi connectivity index (χ1n) is 10.5. The molecule has 1 saturated carbocycles. The first-order chi connectivity index (χ1) is 15.5. The van der Waals surface area contributed by atoms with Gasteiger partial charge in [-0.25, -0.2) is 0 Å². The lowest BCUT2D eigenvalue weighted by molar-refractivity contribution is 0.0953. The fourth-order valence-electron chi connectivity index (χ4n) is 4.13. The van der Waals surface area contributed by atoms with E-state index in [-0.39, 0.29) is 11.1 Å². The number of hydrogen-bond donors (Lipinski definition) is 2. The number of nitrogens with zero attached hydrogens (tertiary/aromatic N) is 3. The van der Waals surface area contributed by atoms with Crippen LogP contribution in [0, 0.1) is 0 Å². The molecule has 1 aliphatic rings. The van der Waals surface area contributed by atoms with Crippen molar-refractivity contribution in [2.24, 2.45) is 0 Å². The maximum atomic E-state index is 12.1. The van der Waals surface area contributed by atoms with Crippen LogP contribution in [-0.4, -0.2) is 32.8 Å². The Kier molecular flexibility index (Phi) is 4.74. The molecule has 2 aromatic heterocycles. The quantitative estimate of drug-likeness (QED) is 0.511. The zero-order chi connectivity index (χ0) is 22.3. The lowest BCUT2D eigenvalue weighted by atomic mass is 9.92. The summed E-state index contributed by atoms with van der Waals surface area (Å²) in [5, 5.41) is 17.7. The SMILES string of the molecule is CNC(=O)c1nn(CC2(c3cccc(-c4cnc5ccccc5c4)c3)CC2)cc(O)c1=O. The summed E-state index contributed by atoms with van der Waals surface area (Å²) < 4.78 is 1.50. The van der Waals surface area contributed by atoms with Gasteiger partial charge in [-0.2, -0.15) is 5.10 Å². The van der Waals surface area contributed by atoms with Crippen molar-refractivity contribution in [2.45, 2.75) is 24.8 Å². The summed E-state index contributed by atoms with van der Waals surface area (Å²) in [5.41, 5.74) is 3.01. The fraction of sp³-hybridized carbons (Fsp3) is 0.200. The number of pyridine rings is 1. The molecule has 7 nitrogen and oxygen atoms in total. The van der Waals surface area contributed by atoms with Gasteiger partial charge in [-0.3, -0.25) is 19.3 Å². The summed E-state index contributed by atoms with van der Waals surface area (Å²) >= 11 is 0. The van der Waals surface area contributed by atoms with Gasteiger partial charge in [0, 0.05) is 29.6 Å². The van der Waals surface area contributed by atoms with E-state index in [4.69, 9.17) is 0 Å². The van der Waals surface area contributed by atoms with Crippen LogP contribution in [0.2, 0.25) is 0 Å². The molecule has 5 rings (SSSR count). The van der Waals surface area contributed by atoms with Crippen molar-refractivity contribution in [3.05, 3.63) is 88.5 Å². The van der Waals surface area contributed by atoms with Gasteiger partial charge in [0.1, 0.15) is 0 Å². The van der Waals surface area contributed by atoms with E-state index in [1.807, 2.05) is 30.5 Å². The Hall–Kier alpha value is -4.00. The second-order valence-electron chi connectivity index (χ2n) is 8.25. The minimum Gasteiger partial charge on any atom is -0.503 e. The van der Waals surface area contributed by atoms with Crippen LogP contribution >= 0.6 is 0 Å². The van der Waals surface area contributed by atoms with Crippen molar-refractivity contribution < 1.29 is 9.90 Å². The van der Waals surface area contributed by atoms with Crippen molar-refractivity contribution >= 4 is 16.8 Å². The van der Waals surface area contributed by atoms with E-state index in [1.54, 1.807) is 0 Å². The number of para-hydroxylation sites is 1. The highest BCUT2D eigenvalue weighted by Gasteiger charge is 2.45. The second-order valence-corrected chi connectivity index (χ2v) is 8.25. The molecule has 4 aromatic rings. The minimum absolute atomic E-state index is 0.158. The highest BCUT2D eigenvalue weighted by atomic mass is 16.3. The maximum absolute atomic E-state index is 12.1. The average Bonchev–Trinajstić information content (AvgIpc) is 3.61. The number of benzene rings is 2. The van der Waals surface area contributed by atoms with Gasteiger partial charge in [0.15, 0.2) is 11.4 Å². The van der Waals surface area contributed by atoms with E-state index < -0.39 is 17.1 Å². The van der Waals surface area contributed by atoms with Gasteiger partial charge in [-0.15, -0.1) is 0 Å². The molecule has 0 unspecified atom stereocenters. The first-order valence-corrected chi connectivity index (χ1v) is 10.5. The normalized spacial score (nSPS) is 14.3. The molecular weight excluding hydrogens is 404 g/mol.